The molecule has 0 aliphatic rings. The number of amides is 1. The average Bonchev–Trinajstić information content (AvgIpc) is 2.57. The number of benzene rings is 2. The fourth-order valence-electron chi connectivity index (χ4n) is 3.05. The minimum atomic E-state index is -0.151. The molecule has 2 aromatic carbocycles. The Morgan fingerprint density at radius 3 is 2.20 bits per heavy atom. The Morgan fingerprint density at radius 2 is 1.68 bits per heavy atom. The predicted molar refractivity (Wildman–Crippen MR) is 102 cm³/mol. The summed E-state index contributed by atoms with van der Waals surface area (Å²) in [6, 6.07) is 12.0. The van der Waals surface area contributed by atoms with Gasteiger partial charge in [-0.3, -0.25) is 4.79 Å². The highest BCUT2D eigenvalue weighted by Gasteiger charge is 2.23. The monoisotopic (exact) mass is 341 g/mol. The maximum Gasteiger partial charge on any atom is 0.282 e. The summed E-state index contributed by atoms with van der Waals surface area (Å²) in [4.78, 5) is 13.8. The molecule has 0 aliphatic heterocycles. The summed E-state index contributed by atoms with van der Waals surface area (Å²) in [7, 11) is 3.71. The summed E-state index contributed by atoms with van der Waals surface area (Å²) >= 11 is 0. The van der Waals surface area contributed by atoms with Crippen LogP contribution in [0.2, 0.25) is 0 Å². The van der Waals surface area contributed by atoms with Crippen molar-refractivity contribution in [3.05, 3.63) is 58.7 Å². The molecular weight excluding hydrogens is 312 g/mol. The largest absolute Gasteiger partial charge is 0.497 e. The average molecular weight is 341 g/mol. The zero-order valence-electron chi connectivity index (χ0n) is 16.1. The van der Waals surface area contributed by atoms with E-state index >= 15 is 0 Å². The minimum absolute atomic E-state index is 0.0427. The van der Waals surface area contributed by atoms with Crippen LogP contribution in [0, 0.1) is 20.8 Å². The molecule has 2 N–H and O–H groups in total. The van der Waals surface area contributed by atoms with Gasteiger partial charge < -0.3 is 15.0 Å². The van der Waals surface area contributed by atoms with Gasteiger partial charge in [0, 0.05) is 11.3 Å². The van der Waals surface area contributed by atoms with E-state index < -0.39 is 0 Å². The number of likely N-dealkylation sites (N-methyl/N-ethyl adjacent to an activating group) is 1. The van der Waals surface area contributed by atoms with Crippen molar-refractivity contribution in [2.45, 2.75) is 40.3 Å². The van der Waals surface area contributed by atoms with Gasteiger partial charge in [0.2, 0.25) is 0 Å². The van der Waals surface area contributed by atoms with E-state index in [1.54, 1.807) is 7.11 Å². The number of anilines is 1. The van der Waals surface area contributed by atoms with Crippen molar-refractivity contribution in [3.63, 3.8) is 0 Å². The fraction of sp³-hybridized carbons (Fsp3) is 0.381. The van der Waals surface area contributed by atoms with Crippen molar-refractivity contribution in [3.8, 4) is 5.75 Å². The smallest absolute Gasteiger partial charge is 0.282 e. The molecule has 1 unspecified atom stereocenters. The molecule has 0 heterocycles. The first kappa shape index (κ1) is 19.0. The van der Waals surface area contributed by atoms with Gasteiger partial charge in [-0.05, 0) is 63.1 Å². The molecule has 0 fully saturated rings. The normalized spacial score (nSPS) is 13.2. The topological polar surface area (TPSA) is 42.8 Å². The molecule has 25 heavy (non-hydrogen) atoms. The van der Waals surface area contributed by atoms with Crippen molar-refractivity contribution in [1.82, 2.24) is 0 Å². The van der Waals surface area contributed by atoms with Crippen molar-refractivity contribution in [1.29, 1.82) is 0 Å². The van der Waals surface area contributed by atoms with Crippen LogP contribution in [0.3, 0.4) is 0 Å². The Hall–Kier alpha value is -2.33. The third-order valence-electron chi connectivity index (χ3n) is 4.70. The zero-order chi connectivity index (χ0) is 18.6. The highest BCUT2D eigenvalue weighted by atomic mass is 16.5. The number of hydrogen-bond acceptors (Lipinski definition) is 2. The quantitative estimate of drug-likeness (QED) is 0.848. The lowest BCUT2D eigenvalue weighted by Gasteiger charge is -2.22. The molecule has 134 valence electrons. The molecule has 2 rings (SSSR count). The number of nitrogens with one attached hydrogen (secondary N) is 2. The molecule has 2 atom stereocenters. The lowest BCUT2D eigenvalue weighted by Crippen LogP contribution is -3.12. The molecule has 0 bridgehead atoms. The van der Waals surface area contributed by atoms with E-state index in [4.69, 9.17) is 4.74 Å². The number of quaternary nitrogens is 1. The van der Waals surface area contributed by atoms with Gasteiger partial charge in [0.05, 0.1) is 14.2 Å². The number of aryl methyl sites for hydroxylation is 3. The molecule has 4 nitrogen and oxygen atoms in total. The van der Waals surface area contributed by atoms with Gasteiger partial charge in [0.25, 0.3) is 5.91 Å². The van der Waals surface area contributed by atoms with Gasteiger partial charge in [-0.2, -0.15) is 0 Å². The van der Waals surface area contributed by atoms with Gasteiger partial charge in [-0.1, -0.05) is 17.7 Å². The van der Waals surface area contributed by atoms with E-state index in [1.807, 2.05) is 52.1 Å². The summed E-state index contributed by atoms with van der Waals surface area (Å²) in [5.74, 6) is 0.888. The van der Waals surface area contributed by atoms with Crippen LogP contribution in [0.25, 0.3) is 0 Å². The van der Waals surface area contributed by atoms with E-state index in [-0.39, 0.29) is 11.9 Å². The van der Waals surface area contributed by atoms with Crippen LogP contribution in [0.15, 0.2) is 36.4 Å². The second-order valence-corrected chi connectivity index (χ2v) is 6.86. The van der Waals surface area contributed by atoms with Gasteiger partial charge in [-0.15, -0.1) is 0 Å². The number of carbonyl (C=O) groups excluding carboxylic acids is 1. The van der Waals surface area contributed by atoms with E-state index in [0.29, 0.717) is 0 Å². The molecule has 0 aromatic heterocycles. The van der Waals surface area contributed by atoms with Crippen LogP contribution >= 0.6 is 0 Å². The Morgan fingerprint density at radius 1 is 1.12 bits per heavy atom. The van der Waals surface area contributed by atoms with Gasteiger partial charge in [-0.25, -0.2) is 0 Å². The van der Waals surface area contributed by atoms with E-state index in [1.165, 1.54) is 11.1 Å². The van der Waals surface area contributed by atoms with Gasteiger partial charge in [0.15, 0.2) is 6.04 Å². The van der Waals surface area contributed by atoms with Crippen molar-refractivity contribution >= 4 is 11.6 Å². The van der Waals surface area contributed by atoms with Gasteiger partial charge >= 0.3 is 0 Å². The zero-order valence-corrected chi connectivity index (χ0v) is 16.1. The van der Waals surface area contributed by atoms with E-state index in [2.05, 4.69) is 24.4 Å². The summed E-state index contributed by atoms with van der Waals surface area (Å²) in [5.41, 5.74) is 5.53. The van der Waals surface area contributed by atoms with Crippen molar-refractivity contribution < 1.29 is 14.4 Å². The molecule has 0 saturated carbocycles. The lowest BCUT2D eigenvalue weighted by atomic mass is 10.0. The van der Waals surface area contributed by atoms with Crippen LogP contribution in [-0.4, -0.2) is 26.1 Å². The summed E-state index contributed by atoms with van der Waals surface area (Å²) in [6.45, 7) is 8.89. The van der Waals surface area contributed by atoms with Crippen LogP contribution < -0.4 is 15.0 Å². The number of carbonyl (C=O) groups is 1. The Labute approximate surface area is 150 Å². The second-order valence-electron chi connectivity index (χ2n) is 6.86. The molecule has 0 radical (unpaired) electrons. The predicted octanol–water partition coefficient (Wildman–Crippen LogP) is 2.66. The lowest BCUT2D eigenvalue weighted by molar-refractivity contribution is -0.907. The molecular formula is C21H29N2O2+. The summed E-state index contributed by atoms with van der Waals surface area (Å²) in [6.07, 6.45) is 0. The molecule has 4 heteroatoms. The Bertz CT molecular complexity index is 715. The first-order chi connectivity index (χ1) is 11.8. The molecule has 0 spiro atoms. The Balaban J connectivity index is 2.03. The maximum atomic E-state index is 12.7. The van der Waals surface area contributed by atoms with Gasteiger partial charge in [0.1, 0.15) is 12.3 Å². The number of rotatable bonds is 6. The number of methoxy groups -OCH3 is 1. The Kier molecular flexibility index (Phi) is 6.21. The van der Waals surface area contributed by atoms with Crippen LogP contribution in [0.4, 0.5) is 5.69 Å². The minimum Gasteiger partial charge on any atom is -0.497 e. The second kappa shape index (κ2) is 8.17. The van der Waals surface area contributed by atoms with E-state index in [9.17, 15) is 4.79 Å². The van der Waals surface area contributed by atoms with Crippen molar-refractivity contribution in [2.24, 2.45) is 0 Å². The molecule has 0 saturated heterocycles. The molecule has 0 aliphatic carbocycles. The number of hydrogen-bond donors (Lipinski definition) is 2. The van der Waals surface area contributed by atoms with Crippen molar-refractivity contribution in [2.75, 3.05) is 19.5 Å². The fourth-order valence-corrected chi connectivity index (χ4v) is 3.05. The maximum absolute atomic E-state index is 12.7. The third-order valence-corrected chi connectivity index (χ3v) is 4.70. The van der Waals surface area contributed by atoms with Crippen LogP contribution in [-0.2, 0) is 11.3 Å². The third kappa shape index (κ3) is 4.83. The molecule has 2 aromatic rings. The summed E-state index contributed by atoms with van der Waals surface area (Å²) in [5, 5.41) is 3.11. The highest BCUT2D eigenvalue weighted by Crippen LogP contribution is 2.21. The van der Waals surface area contributed by atoms with E-state index in [0.717, 1.165) is 34.0 Å². The first-order valence-corrected chi connectivity index (χ1v) is 8.65. The first-order valence-electron chi connectivity index (χ1n) is 8.65. The summed E-state index contributed by atoms with van der Waals surface area (Å²) < 4.78 is 5.19. The number of ether oxygens (including phenoxy) is 1. The molecule has 1 amide bonds. The highest BCUT2D eigenvalue weighted by molar-refractivity contribution is 5.95. The standard InChI is InChI=1S/C21H28N2O2/c1-14-11-15(2)20(16(3)12-14)22-21(24)17(4)23(5)13-18-7-9-19(25-6)10-8-18/h7-12,17H,13H2,1-6H3,(H,22,24)/p+1/t17-/m1/s1. The van der Waals surface area contributed by atoms with Crippen LogP contribution in [0.5, 0.6) is 5.75 Å². The van der Waals surface area contributed by atoms with Crippen LogP contribution in [0.1, 0.15) is 29.2 Å². The SMILES string of the molecule is COc1ccc(C[NH+](C)[C@H](C)C(=O)Nc2c(C)cc(C)cc2C)cc1.